The van der Waals surface area contributed by atoms with E-state index in [4.69, 9.17) is 4.74 Å². The van der Waals surface area contributed by atoms with Crippen molar-refractivity contribution in [2.45, 2.75) is 138 Å². The summed E-state index contributed by atoms with van der Waals surface area (Å²) in [5, 5.41) is 15.9. The molecule has 1 heterocycles. The Hall–Kier alpha value is -3.23. The van der Waals surface area contributed by atoms with Gasteiger partial charge in [0.15, 0.2) is 0 Å². The van der Waals surface area contributed by atoms with Crippen LogP contribution in [0.2, 0.25) is 0 Å². The van der Waals surface area contributed by atoms with E-state index in [1.807, 2.05) is 0 Å². The molecule has 0 aliphatic heterocycles. The molecule has 274 valence electrons. The fourth-order valence-corrected chi connectivity index (χ4v) is 12.3. The molecule has 9 nitrogen and oxygen atoms in total. The van der Waals surface area contributed by atoms with E-state index in [0.717, 1.165) is 51.4 Å². The Kier molecular flexibility index (Phi) is 8.91. The summed E-state index contributed by atoms with van der Waals surface area (Å²) in [6.45, 7) is 19.4. The van der Waals surface area contributed by atoms with Crippen molar-refractivity contribution in [3.63, 3.8) is 0 Å². The molecule has 50 heavy (non-hydrogen) atoms. The fourth-order valence-electron chi connectivity index (χ4n) is 12.3. The number of ether oxygens (including phenoxy) is 1. The maximum absolute atomic E-state index is 13.9. The Balaban J connectivity index is 1.31. The van der Waals surface area contributed by atoms with Gasteiger partial charge in [-0.1, -0.05) is 54.0 Å². The van der Waals surface area contributed by atoms with Crippen LogP contribution in [-0.2, 0) is 19.1 Å². The lowest BCUT2D eigenvalue weighted by atomic mass is 9.34. The molecule has 4 saturated carbocycles. The highest BCUT2D eigenvalue weighted by molar-refractivity contribution is 5.95. The van der Waals surface area contributed by atoms with Gasteiger partial charge in [-0.05, 0) is 117 Å². The number of carbonyl (C=O) groups excluding carboxylic acids is 3. The Morgan fingerprint density at radius 1 is 0.980 bits per heavy atom. The highest BCUT2D eigenvalue weighted by Gasteiger charge is 2.69. The summed E-state index contributed by atoms with van der Waals surface area (Å²) in [5.41, 5.74) is 1.11. The number of allylic oxidation sites excluding steroid dienone is 1. The van der Waals surface area contributed by atoms with Crippen LogP contribution in [0, 0.1) is 50.7 Å². The van der Waals surface area contributed by atoms with Crippen LogP contribution in [0.5, 0.6) is 0 Å². The van der Waals surface area contributed by atoms with Crippen LogP contribution in [0.1, 0.15) is 127 Å². The monoisotopic (exact) mass is 689 g/mol. The standard InChI is InChI=1S/C41H59N3O6/c1-24(2)32-27(45)22-41(44-35(49)43-25-14-20-42-21-15-25)19-18-39(8)26(33(32)41)10-11-29-38(7)16-13-30(50-31(46)23-36(3,4)34(47)48)37(5,6)28(38)12-17-40(29,39)9/h14-15,20-21,24,28-30,32H,10-13,16-19,22-23H2,1-9H3,(H,47,48)(H2,42,43,44,49)/t28-,29+,30-,32?,38-,39+,40+,41+/m0/s1. The highest BCUT2D eigenvalue weighted by atomic mass is 16.5. The van der Waals surface area contributed by atoms with Gasteiger partial charge in [0.2, 0.25) is 0 Å². The van der Waals surface area contributed by atoms with Crippen molar-refractivity contribution in [2.24, 2.45) is 50.7 Å². The molecule has 3 N–H and O–H groups in total. The van der Waals surface area contributed by atoms with Gasteiger partial charge in [-0.25, -0.2) is 4.79 Å². The zero-order chi connectivity index (χ0) is 36.7. The zero-order valence-corrected chi connectivity index (χ0v) is 31.7. The number of carboxylic acid groups (broad SMARTS) is 1. The number of carboxylic acids is 1. The van der Waals surface area contributed by atoms with Gasteiger partial charge in [-0.15, -0.1) is 0 Å². The summed E-state index contributed by atoms with van der Waals surface area (Å²) in [6, 6.07) is 3.25. The largest absolute Gasteiger partial charge is 0.481 e. The number of aromatic nitrogens is 1. The number of hydrogen-bond acceptors (Lipinski definition) is 6. The summed E-state index contributed by atoms with van der Waals surface area (Å²) in [6.07, 6.45) is 10.6. The van der Waals surface area contributed by atoms with Gasteiger partial charge in [-0.2, -0.15) is 0 Å². The summed E-state index contributed by atoms with van der Waals surface area (Å²) in [4.78, 5) is 56.3. The molecule has 5 aliphatic rings. The van der Waals surface area contributed by atoms with Gasteiger partial charge in [0.25, 0.3) is 0 Å². The van der Waals surface area contributed by atoms with Crippen molar-refractivity contribution < 1.29 is 29.0 Å². The highest BCUT2D eigenvalue weighted by Crippen LogP contribution is 2.75. The Morgan fingerprint density at radius 3 is 2.30 bits per heavy atom. The van der Waals surface area contributed by atoms with Gasteiger partial charge >= 0.3 is 18.0 Å². The Bertz CT molecular complexity index is 1600. The normalized spacial score (nSPS) is 37.6. The molecule has 1 unspecified atom stereocenters. The maximum atomic E-state index is 13.9. The summed E-state index contributed by atoms with van der Waals surface area (Å²) in [5.74, 6) is -0.452. The number of nitrogens with zero attached hydrogens (tertiary/aromatic N) is 1. The van der Waals surface area contributed by atoms with Crippen molar-refractivity contribution in [2.75, 3.05) is 5.32 Å². The van der Waals surface area contributed by atoms with E-state index < -0.39 is 22.9 Å². The van der Waals surface area contributed by atoms with E-state index in [9.17, 15) is 24.3 Å². The number of Topliss-reactive ketones (excluding diaryl/α,β-unsaturated/α-hetero) is 1. The van der Waals surface area contributed by atoms with Crippen LogP contribution >= 0.6 is 0 Å². The number of nitrogens with one attached hydrogen (secondary N) is 2. The number of ketones is 1. The van der Waals surface area contributed by atoms with Crippen molar-refractivity contribution in [1.82, 2.24) is 10.3 Å². The molecular weight excluding hydrogens is 630 g/mol. The Labute approximate surface area is 298 Å². The van der Waals surface area contributed by atoms with E-state index in [1.54, 1.807) is 38.4 Å². The second-order valence-electron chi connectivity index (χ2n) is 18.8. The van der Waals surface area contributed by atoms with Crippen LogP contribution in [0.15, 0.2) is 35.7 Å². The maximum Gasteiger partial charge on any atom is 0.319 e. The minimum Gasteiger partial charge on any atom is -0.481 e. The SMILES string of the molecule is CC(C)C1C(=O)C[C@]2(NC(=O)Nc3ccncc3)CC[C@]3(C)C(=C12)CC[C@@H]1[C@@]2(C)CC[C@H](OC(=O)CC(C)(C)C(=O)O)C(C)(C)[C@@H]2CC[C@]13C. The Morgan fingerprint density at radius 2 is 1.66 bits per heavy atom. The van der Waals surface area contributed by atoms with Gasteiger partial charge < -0.3 is 20.5 Å². The van der Waals surface area contributed by atoms with E-state index >= 15 is 0 Å². The molecule has 6 rings (SSSR count). The molecule has 0 bridgehead atoms. The first-order chi connectivity index (χ1) is 23.2. The predicted molar refractivity (Wildman–Crippen MR) is 192 cm³/mol. The third-order valence-corrected chi connectivity index (χ3v) is 15.0. The quantitative estimate of drug-likeness (QED) is 0.193. The number of carbonyl (C=O) groups is 4. The number of pyridine rings is 1. The molecule has 9 heteroatoms. The second-order valence-corrected chi connectivity index (χ2v) is 18.8. The number of aliphatic carboxylic acids is 1. The van der Waals surface area contributed by atoms with Crippen LogP contribution in [0.4, 0.5) is 10.5 Å². The molecule has 4 fully saturated rings. The van der Waals surface area contributed by atoms with E-state index in [2.05, 4.69) is 64.1 Å². The summed E-state index contributed by atoms with van der Waals surface area (Å²) in [7, 11) is 0. The number of rotatable bonds is 7. The molecule has 1 aromatic rings. The molecule has 0 saturated heterocycles. The summed E-state index contributed by atoms with van der Waals surface area (Å²) >= 11 is 0. The summed E-state index contributed by atoms with van der Waals surface area (Å²) < 4.78 is 6.14. The van der Waals surface area contributed by atoms with E-state index in [0.29, 0.717) is 23.9 Å². The van der Waals surface area contributed by atoms with Gasteiger partial charge in [0.05, 0.1) is 17.4 Å². The van der Waals surface area contributed by atoms with Gasteiger partial charge in [0, 0.05) is 35.8 Å². The van der Waals surface area contributed by atoms with Crippen molar-refractivity contribution >= 4 is 29.4 Å². The molecule has 2 amide bonds. The molecular formula is C41H59N3O6. The fraction of sp³-hybridized carbons (Fsp3) is 0.732. The number of fused-ring (bicyclic) bond motifs is 6. The zero-order valence-electron chi connectivity index (χ0n) is 31.7. The van der Waals surface area contributed by atoms with Crippen LogP contribution in [0.25, 0.3) is 0 Å². The predicted octanol–water partition coefficient (Wildman–Crippen LogP) is 8.35. The average molecular weight is 690 g/mol. The lowest BCUT2D eigenvalue weighted by Gasteiger charge is -2.70. The topological polar surface area (TPSA) is 135 Å². The molecule has 0 aromatic carbocycles. The number of urea groups is 1. The first kappa shape index (κ1) is 36.6. The lowest BCUT2D eigenvalue weighted by Crippen LogP contribution is -2.65. The number of amides is 2. The molecule has 8 atom stereocenters. The van der Waals surface area contributed by atoms with Gasteiger partial charge in [-0.3, -0.25) is 19.4 Å². The van der Waals surface area contributed by atoms with Crippen LogP contribution in [-0.4, -0.2) is 45.5 Å². The van der Waals surface area contributed by atoms with E-state index in [-0.39, 0.29) is 57.8 Å². The minimum absolute atomic E-state index is 0.00254. The van der Waals surface area contributed by atoms with Crippen LogP contribution in [0.3, 0.4) is 0 Å². The smallest absolute Gasteiger partial charge is 0.319 e. The second kappa shape index (κ2) is 12.2. The van der Waals surface area contributed by atoms with Gasteiger partial charge in [0.1, 0.15) is 11.9 Å². The van der Waals surface area contributed by atoms with Crippen molar-refractivity contribution in [3.05, 3.63) is 35.7 Å². The third-order valence-electron chi connectivity index (χ3n) is 15.0. The lowest BCUT2D eigenvalue weighted by molar-refractivity contribution is -0.214. The van der Waals surface area contributed by atoms with E-state index in [1.165, 1.54) is 11.1 Å². The molecule has 1 aromatic heterocycles. The van der Waals surface area contributed by atoms with Crippen molar-refractivity contribution in [3.8, 4) is 0 Å². The molecule has 5 aliphatic carbocycles. The average Bonchev–Trinajstić information content (AvgIpc) is 3.30. The van der Waals surface area contributed by atoms with Crippen molar-refractivity contribution in [1.29, 1.82) is 0 Å². The number of esters is 1. The van der Waals surface area contributed by atoms with Crippen LogP contribution < -0.4 is 10.6 Å². The number of anilines is 1. The molecule has 0 spiro atoms. The first-order valence-corrected chi connectivity index (χ1v) is 18.9. The first-order valence-electron chi connectivity index (χ1n) is 18.9. The molecule has 0 radical (unpaired) electrons. The third kappa shape index (κ3) is 5.51. The number of hydrogen-bond donors (Lipinski definition) is 3. The minimum atomic E-state index is -1.17.